The topological polar surface area (TPSA) is 12.4 Å². The molecule has 1 aromatic heterocycles. The molecule has 0 bridgehead atoms. The minimum atomic E-state index is 0.593. The van der Waals surface area contributed by atoms with Crippen molar-refractivity contribution >= 4 is 46.9 Å². The molecular formula is C5H3Cl2NS. The summed E-state index contributed by atoms with van der Waals surface area (Å²) in [5.41, 5.74) is 0.659. The molecule has 0 radical (unpaired) electrons. The maximum atomic E-state index is 5.65. The minimum Gasteiger partial charge on any atom is -0.262 e. The van der Waals surface area contributed by atoms with Gasteiger partial charge in [0.25, 0.3) is 0 Å². The molecule has 9 heavy (non-hydrogen) atoms. The lowest BCUT2D eigenvalue weighted by molar-refractivity contribution is 1.63. The Hall–Kier alpha value is -0.0500. The molecular weight excluding hydrogens is 177 g/mol. The lowest BCUT2D eigenvalue weighted by Gasteiger charge is -1.79. The number of rotatable bonds is 1. The molecule has 0 saturated heterocycles. The van der Waals surface area contributed by atoms with Crippen LogP contribution in [0.1, 0.15) is 0 Å². The SMILES string of the molecule is C=Nc1cc(Cl)sc1Cl. The number of hydrogen-bond donors (Lipinski definition) is 0. The molecule has 0 aliphatic heterocycles. The van der Waals surface area contributed by atoms with Crippen LogP contribution in [0.25, 0.3) is 0 Å². The third-order valence-electron chi connectivity index (χ3n) is 0.809. The van der Waals surface area contributed by atoms with Crippen molar-refractivity contribution in [2.75, 3.05) is 0 Å². The predicted molar refractivity (Wildman–Crippen MR) is 43.5 cm³/mol. The first-order chi connectivity index (χ1) is 4.24. The molecule has 1 nitrogen and oxygen atoms in total. The van der Waals surface area contributed by atoms with Gasteiger partial charge >= 0.3 is 0 Å². The van der Waals surface area contributed by atoms with Gasteiger partial charge in [-0.25, -0.2) is 0 Å². The highest BCUT2D eigenvalue weighted by Crippen LogP contribution is 2.36. The Bertz CT molecular complexity index is 231. The first-order valence-electron chi connectivity index (χ1n) is 2.15. The Morgan fingerprint density at radius 1 is 1.56 bits per heavy atom. The van der Waals surface area contributed by atoms with Crippen LogP contribution >= 0.6 is 34.5 Å². The molecule has 4 heteroatoms. The maximum Gasteiger partial charge on any atom is 0.120 e. The van der Waals surface area contributed by atoms with Crippen LogP contribution in [0.4, 0.5) is 5.69 Å². The van der Waals surface area contributed by atoms with Crippen LogP contribution in [0.15, 0.2) is 11.1 Å². The molecule has 0 aromatic carbocycles. The molecule has 0 aliphatic carbocycles. The van der Waals surface area contributed by atoms with Crippen LogP contribution in [-0.2, 0) is 0 Å². The molecule has 1 aromatic rings. The zero-order valence-electron chi connectivity index (χ0n) is 4.40. The predicted octanol–water partition coefficient (Wildman–Crippen LogP) is 3.39. The maximum absolute atomic E-state index is 5.65. The molecule has 0 fully saturated rings. The molecule has 0 saturated carbocycles. The largest absolute Gasteiger partial charge is 0.262 e. The van der Waals surface area contributed by atoms with Crippen LogP contribution in [0.3, 0.4) is 0 Å². The van der Waals surface area contributed by atoms with E-state index in [4.69, 9.17) is 23.2 Å². The summed E-state index contributed by atoms with van der Waals surface area (Å²) in [5, 5.41) is 0. The van der Waals surface area contributed by atoms with Gasteiger partial charge in [0.2, 0.25) is 0 Å². The third kappa shape index (κ3) is 1.45. The summed E-state index contributed by atoms with van der Waals surface area (Å²) in [5.74, 6) is 0. The molecule has 0 aliphatic rings. The van der Waals surface area contributed by atoms with E-state index in [1.165, 1.54) is 11.3 Å². The smallest absolute Gasteiger partial charge is 0.120 e. The van der Waals surface area contributed by atoms with E-state index in [0.717, 1.165) is 0 Å². The number of aliphatic imine (C=N–C) groups is 1. The standard InChI is InChI=1S/C5H3Cl2NS/c1-8-3-2-4(6)9-5(3)7/h2H,1H2. The van der Waals surface area contributed by atoms with Crippen molar-refractivity contribution in [3.8, 4) is 0 Å². The van der Waals surface area contributed by atoms with Gasteiger partial charge in [-0.15, -0.1) is 11.3 Å². The fourth-order valence-electron chi connectivity index (χ4n) is 0.439. The van der Waals surface area contributed by atoms with E-state index in [9.17, 15) is 0 Å². The Morgan fingerprint density at radius 3 is 2.44 bits per heavy atom. The highest BCUT2D eigenvalue weighted by atomic mass is 35.5. The summed E-state index contributed by atoms with van der Waals surface area (Å²) in [6.07, 6.45) is 0. The van der Waals surface area contributed by atoms with Crippen molar-refractivity contribution in [1.29, 1.82) is 0 Å². The number of hydrogen-bond acceptors (Lipinski definition) is 2. The summed E-state index contributed by atoms with van der Waals surface area (Å²) in [6, 6.07) is 1.68. The molecule has 0 amide bonds. The Labute approximate surface area is 66.9 Å². The van der Waals surface area contributed by atoms with E-state index in [0.29, 0.717) is 14.4 Å². The monoisotopic (exact) mass is 179 g/mol. The zero-order chi connectivity index (χ0) is 6.85. The van der Waals surface area contributed by atoms with E-state index in [1.54, 1.807) is 6.07 Å². The summed E-state index contributed by atoms with van der Waals surface area (Å²) in [4.78, 5) is 3.63. The van der Waals surface area contributed by atoms with E-state index in [2.05, 4.69) is 11.7 Å². The van der Waals surface area contributed by atoms with Crippen LogP contribution < -0.4 is 0 Å². The molecule has 0 spiro atoms. The van der Waals surface area contributed by atoms with E-state index >= 15 is 0 Å². The fourth-order valence-corrected chi connectivity index (χ4v) is 1.83. The van der Waals surface area contributed by atoms with Gasteiger partial charge in [-0.1, -0.05) is 23.2 Å². The Kier molecular flexibility index (Phi) is 2.11. The quantitative estimate of drug-likeness (QED) is 0.587. The zero-order valence-corrected chi connectivity index (χ0v) is 6.72. The van der Waals surface area contributed by atoms with Gasteiger partial charge in [0.1, 0.15) is 4.34 Å². The number of nitrogens with zero attached hydrogens (tertiary/aromatic N) is 1. The van der Waals surface area contributed by atoms with Crippen molar-refractivity contribution in [3.63, 3.8) is 0 Å². The lowest BCUT2D eigenvalue weighted by atomic mass is 10.6. The van der Waals surface area contributed by atoms with Crippen LogP contribution in [0.5, 0.6) is 0 Å². The number of halogens is 2. The van der Waals surface area contributed by atoms with Crippen LogP contribution in [0, 0.1) is 0 Å². The molecule has 1 rings (SSSR count). The van der Waals surface area contributed by atoms with Gasteiger partial charge in [0.15, 0.2) is 0 Å². The second-order valence-electron chi connectivity index (χ2n) is 1.37. The van der Waals surface area contributed by atoms with Gasteiger partial charge in [0.05, 0.1) is 10.0 Å². The summed E-state index contributed by atoms with van der Waals surface area (Å²) in [6.45, 7) is 3.32. The van der Waals surface area contributed by atoms with Crippen molar-refractivity contribution in [1.82, 2.24) is 0 Å². The van der Waals surface area contributed by atoms with E-state index in [-0.39, 0.29) is 0 Å². The lowest BCUT2D eigenvalue weighted by Crippen LogP contribution is -1.48. The summed E-state index contributed by atoms with van der Waals surface area (Å²) < 4.78 is 1.23. The van der Waals surface area contributed by atoms with Crippen LogP contribution in [-0.4, -0.2) is 6.72 Å². The summed E-state index contributed by atoms with van der Waals surface area (Å²) >= 11 is 12.5. The normalized spacial score (nSPS) is 9.56. The number of thiophene rings is 1. The minimum absolute atomic E-state index is 0.593. The average Bonchev–Trinajstić information content (AvgIpc) is 2.10. The third-order valence-corrected chi connectivity index (χ3v) is 2.28. The fraction of sp³-hybridized carbons (Fsp3) is 0. The Balaban J connectivity index is 3.15. The highest BCUT2D eigenvalue weighted by Gasteiger charge is 2.01. The van der Waals surface area contributed by atoms with Crippen molar-refractivity contribution in [2.24, 2.45) is 4.99 Å². The molecule has 1 heterocycles. The first-order valence-corrected chi connectivity index (χ1v) is 3.73. The van der Waals surface area contributed by atoms with Crippen molar-refractivity contribution in [2.45, 2.75) is 0 Å². The first kappa shape index (κ1) is 7.06. The average molecular weight is 180 g/mol. The molecule has 0 atom stereocenters. The molecule has 48 valence electrons. The molecule has 0 N–H and O–H groups in total. The van der Waals surface area contributed by atoms with Gasteiger partial charge in [-0.3, -0.25) is 4.99 Å². The second-order valence-corrected chi connectivity index (χ2v) is 3.65. The van der Waals surface area contributed by atoms with Crippen LogP contribution in [0.2, 0.25) is 8.67 Å². The second kappa shape index (κ2) is 2.69. The van der Waals surface area contributed by atoms with Crippen molar-refractivity contribution in [3.05, 3.63) is 14.7 Å². The van der Waals surface area contributed by atoms with Crippen molar-refractivity contribution < 1.29 is 0 Å². The van der Waals surface area contributed by atoms with E-state index < -0.39 is 0 Å². The van der Waals surface area contributed by atoms with Gasteiger partial charge in [-0.05, 0) is 12.8 Å². The van der Waals surface area contributed by atoms with Gasteiger partial charge < -0.3 is 0 Å². The van der Waals surface area contributed by atoms with Gasteiger partial charge in [-0.2, -0.15) is 0 Å². The highest BCUT2D eigenvalue weighted by molar-refractivity contribution is 7.20. The van der Waals surface area contributed by atoms with Gasteiger partial charge in [0, 0.05) is 0 Å². The molecule has 0 unspecified atom stereocenters. The Morgan fingerprint density at radius 2 is 2.22 bits per heavy atom. The summed E-state index contributed by atoms with van der Waals surface area (Å²) in [7, 11) is 0. The van der Waals surface area contributed by atoms with E-state index in [1.807, 2.05) is 0 Å².